The molecule has 0 atom stereocenters. The highest BCUT2D eigenvalue weighted by molar-refractivity contribution is 5.74. The van der Waals surface area contributed by atoms with Gasteiger partial charge in [-0.25, -0.2) is 14.5 Å². The number of amides is 2. The summed E-state index contributed by atoms with van der Waals surface area (Å²) < 4.78 is 1.78. The maximum absolute atomic E-state index is 12.0. The lowest BCUT2D eigenvalue weighted by Crippen LogP contribution is -2.40. The molecule has 1 aromatic heterocycles. The summed E-state index contributed by atoms with van der Waals surface area (Å²) in [6.45, 7) is 1.17. The molecule has 0 saturated heterocycles. The van der Waals surface area contributed by atoms with Crippen molar-refractivity contribution in [1.82, 2.24) is 25.4 Å². The fourth-order valence-electron chi connectivity index (χ4n) is 2.86. The number of nitrogens with zero attached hydrogens (tertiary/aromatic N) is 3. The first kappa shape index (κ1) is 14.6. The van der Waals surface area contributed by atoms with Gasteiger partial charge in [-0.1, -0.05) is 37.1 Å². The van der Waals surface area contributed by atoms with E-state index in [0.717, 1.165) is 24.0 Å². The first-order valence-corrected chi connectivity index (χ1v) is 7.75. The minimum atomic E-state index is -0.0811. The third-order valence-electron chi connectivity index (χ3n) is 4.05. The minimum Gasteiger partial charge on any atom is -0.335 e. The van der Waals surface area contributed by atoms with E-state index in [1.54, 1.807) is 11.0 Å². The van der Waals surface area contributed by atoms with Gasteiger partial charge in [-0.2, -0.15) is 5.10 Å². The second-order valence-corrected chi connectivity index (χ2v) is 5.67. The molecule has 2 aromatic rings. The van der Waals surface area contributed by atoms with E-state index in [2.05, 4.69) is 20.7 Å². The molecule has 2 amide bonds. The monoisotopic (exact) mass is 299 g/mol. The number of carbonyl (C=O) groups excluding carboxylic acids is 1. The third-order valence-corrected chi connectivity index (χ3v) is 4.05. The zero-order chi connectivity index (χ0) is 15.2. The van der Waals surface area contributed by atoms with E-state index in [1.807, 2.05) is 24.3 Å². The van der Waals surface area contributed by atoms with Gasteiger partial charge >= 0.3 is 6.03 Å². The Balaban J connectivity index is 1.56. The summed E-state index contributed by atoms with van der Waals surface area (Å²) in [6.07, 6.45) is 7.83. The summed E-state index contributed by atoms with van der Waals surface area (Å²) in [7, 11) is 0. The first-order valence-electron chi connectivity index (χ1n) is 7.75. The van der Waals surface area contributed by atoms with Crippen LogP contribution < -0.4 is 10.6 Å². The van der Waals surface area contributed by atoms with Crippen LogP contribution in [0.2, 0.25) is 0 Å². The van der Waals surface area contributed by atoms with Gasteiger partial charge in [0, 0.05) is 12.6 Å². The number of benzene rings is 1. The molecule has 22 heavy (non-hydrogen) atoms. The number of hydrogen-bond donors (Lipinski definition) is 2. The Bertz CT molecular complexity index is 605. The van der Waals surface area contributed by atoms with Crippen molar-refractivity contribution in [3.63, 3.8) is 0 Å². The molecule has 0 bridgehead atoms. The fraction of sp³-hybridized carbons (Fsp3) is 0.438. The maximum atomic E-state index is 12.0. The number of carbonyl (C=O) groups is 1. The number of rotatable bonds is 5. The smallest absolute Gasteiger partial charge is 0.315 e. The van der Waals surface area contributed by atoms with Crippen molar-refractivity contribution in [2.24, 2.45) is 0 Å². The molecule has 0 unspecified atom stereocenters. The van der Waals surface area contributed by atoms with Gasteiger partial charge in [-0.05, 0) is 24.0 Å². The van der Waals surface area contributed by atoms with Crippen molar-refractivity contribution in [2.45, 2.75) is 44.8 Å². The van der Waals surface area contributed by atoms with Crippen LogP contribution in [-0.4, -0.2) is 26.8 Å². The predicted octanol–water partition coefficient (Wildman–Crippen LogP) is 2.07. The highest BCUT2D eigenvalue weighted by Gasteiger charge is 2.16. The zero-order valence-electron chi connectivity index (χ0n) is 12.5. The third kappa shape index (κ3) is 3.84. The molecule has 6 nitrogen and oxygen atoms in total. The van der Waals surface area contributed by atoms with Gasteiger partial charge in [0.2, 0.25) is 0 Å². The van der Waals surface area contributed by atoms with Gasteiger partial charge in [0.05, 0.1) is 6.54 Å². The van der Waals surface area contributed by atoms with Crippen LogP contribution in [0.3, 0.4) is 0 Å². The van der Waals surface area contributed by atoms with Crippen molar-refractivity contribution in [2.75, 3.05) is 0 Å². The van der Waals surface area contributed by atoms with Crippen molar-refractivity contribution < 1.29 is 4.79 Å². The summed E-state index contributed by atoms with van der Waals surface area (Å²) in [5.74, 6) is 0. The molecular formula is C16H21N5O. The van der Waals surface area contributed by atoms with Gasteiger partial charge in [0.1, 0.15) is 12.7 Å². The van der Waals surface area contributed by atoms with Gasteiger partial charge in [0.15, 0.2) is 0 Å². The van der Waals surface area contributed by atoms with E-state index in [-0.39, 0.29) is 6.03 Å². The number of aromatic nitrogens is 3. The highest BCUT2D eigenvalue weighted by Crippen LogP contribution is 2.17. The van der Waals surface area contributed by atoms with Gasteiger partial charge in [-0.3, -0.25) is 0 Å². The van der Waals surface area contributed by atoms with E-state index >= 15 is 0 Å². The fourth-order valence-corrected chi connectivity index (χ4v) is 2.86. The van der Waals surface area contributed by atoms with Crippen LogP contribution in [0.5, 0.6) is 0 Å². The lowest BCUT2D eigenvalue weighted by molar-refractivity contribution is 0.236. The lowest BCUT2D eigenvalue weighted by Gasteiger charge is -2.14. The highest BCUT2D eigenvalue weighted by atomic mass is 16.2. The van der Waals surface area contributed by atoms with Crippen molar-refractivity contribution in [1.29, 1.82) is 0 Å². The SMILES string of the molecule is O=C(NCc1ccccc1Cn1cncn1)NC1CCCC1. The van der Waals surface area contributed by atoms with E-state index in [1.165, 1.54) is 19.2 Å². The van der Waals surface area contributed by atoms with Crippen LogP contribution in [0.15, 0.2) is 36.9 Å². The Labute approximate surface area is 129 Å². The molecule has 1 fully saturated rings. The molecule has 116 valence electrons. The summed E-state index contributed by atoms with van der Waals surface area (Å²) in [4.78, 5) is 15.9. The minimum absolute atomic E-state index is 0.0811. The standard InChI is InChI=1S/C16H21N5O/c22-16(20-15-7-3-4-8-15)18-9-13-5-1-2-6-14(13)10-21-12-17-11-19-21/h1-2,5-6,11-12,15H,3-4,7-10H2,(H2,18,20,22). The molecule has 0 aliphatic heterocycles. The molecule has 3 rings (SSSR count). The molecule has 1 aliphatic rings. The average molecular weight is 299 g/mol. The molecule has 6 heteroatoms. The molecule has 2 N–H and O–H groups in total. The predicted molar refractivity (Wildman–Crippen MR) is 83.2 cm³/mol. The molecular weight excluding hydrogens is 278 g/mol. The maximum Gasteiger partial charge on any atom is 0.315 e. The van der Waals surface area contributed by atoms with E-state index < -0.39 is 0 Å². The van der Waals surface area contributed by atoms with Crippen molar-refractivity contribution in [3.8, 4) is 0 Å². The van der Waals surface area contributed by atoms with Gasteiger partial charge in [-0.15, -0.1) is 0 Å². The largest absolute Gasteiger partial charge is 0.335 e. The van der Waals surface area contributed by atoms with Gasteiger partial charge in [0.25, 0.3) is 0 Å². The average Bonchev–Trinajstić information content (AvgIpc) is 3.20. The quantitative estimate of drug-likeness (QED) is 0.888. The Morgan fingerprint density at radius 1 is 1.23 bits per heavy atom. The summed E-state index contributed by atoms with van der Waals surface area (Å²) in [5, 5.41) is 10.1. The van der Waals surface area contributed by atoms with E-state index in [0.29, 0.717) is 19.1 Å². The second kappa shape index (κ2) is 7.06. The normalized spacial score (nSPS) is 14.9. The first-order chi connectivity index (χ1) is 10.8. The molecule has 1 heterocycles. The summed E-state index contributed by atoms with van der Waals surface area (Å²) in [5.41, 5.74) is 2.23. The van der Waals surface area contributed by atoms with Crippen LogP contribution in [-0.2, 0) is 13.1 Å². The van der Waals surface area contributed by atoms with Crippen molar-refractivity contribution in [3.05, 3.63) is 48.0 Å². The Morgan fingerprint density at radius 2 is 2.00 bits per heavy atom. The summed E-state index contributed by atoms with van der Waals surface area (Å²) >= 11 is 0. The van der Waals surface area contributed by atoms with E-state index in [9.17, 15) is 4.79 Å². The van der Waals surface area contributed by atoms with Crippen molar-refractivity contribution >= 4 is 6.03 Å². The summed E-state index contributed by atoms with van der Waals surface area (Å²) in [6, 6.07) is 8.31. The number of urea groups is 1. The van der Waals surface area contributed by atoms with Gasteiger partial charge < -0.3 is 10.6 Å². The van der Waals surface area contributed by atoms with Crippen LogP contribution in [0.25, 0.3) is 0 Å². The van der Waals surface area contributed by atoms with Crippen LogP contribution in [0.4, 0.5) is 4.79 Å². The van der Waals surface area contributed by atoms with Crippen LogP contribution in [0.1, 0.15) is 36.8 Å². The Morgan fingerprint density at radius 3 is 2.73 bits per heavy atom. The molecule has 1 aliphatic carbocycles. The molecule has 1 aromatic carbocycles. The number of hydrogen-bond acceptors (Lipinski definition) is 3. The zero-order valence-corrected chi connectivity index (χ0v) is 12.5. The molecule has 0 spiro atoms. The van der Waals surface area contributed by atoms with E-state index in [4.69, 9.17) is 0 Å². The topological polar surface area (TPSA) is 71.8 Å². The number of nitrogens with one attached hydrogen (secondary N) is 2. The Hall–Kier alpha value is -2.37. The second-order valence-electron chi connectivity index (χ2n) is 5.67. The van der Waals surface area contributed by atoms with Crippen LogP contribution in [0, 0.1) is 0 Å². The molecule has 0 radical (unpaired) electrons. The lowest BCUT2D eigenvalue weighted by atomic mass is 10.1. The van der Waals surface area contributed by atoms with Crippen LogP contribution >= 0.6 is 0 Å². The Kier molecular flexibility index (Phi) is 4.68. The molecule has 1 saturated carbocycles.